The average Bonchev–Trinajstić information content (AvgIpc) is 2.75. The Balaban J connectivity index is 2.72. The predicted octanol–water partition coefficient (Wildman–Crippen LogP) is 3.92. The summed E-state index contributed by atoms with van der Waals surface area (Å²) in [4.78, 5) is 4.34. The van der Waals surface area contributed by atoms with Crippen LogP contribution in [0.4, 0.5) is 13.2 Å². The van der Waals surface area contributed by atoms with E-state index in [-0.39, 0.29) is 5.92 Å². The van der Waals surface area contributed by atoms with Gasteiger partial charge in [-0.3, -0.25) is 0 Å². The van der Waals surface area contributed by atoms with Crippen LogP contribution in [0.15, 0.2) is 18.3 Å². The molecule has 0 saturated carbocycles. The molecule has 0 fully saturated rings. The van der Waals surface area contributed by atoms with E-state index >= 15 is 0 Å². The first-order valence-electron chi connectivity index (χ1n) is 6.52. The Morgan fingerprint density at radius 1 is 1.30 bits per heavy atom. The van der Waals surface area contributed by atoms with Crippen molar-refractivity contribution in [1.29, 1.82) is 0 Å². The molecule has 1 unspecified atom stereocenters. The number of pyridine rings is 1. The first-order chi connectivity index (χ1) is 9.25. The van der Waals surface area contributed by atoms with Gasteiger partial charge < -0.3 is 9.51 Å². The summed E-state index contributed by atoms with van der Waals surface area (Å²) in [6.07, 6.45) is -3.82. The first-order valence-corrected chi connectivity index (χ1v) is 6.52. The van der Waals surface area contributed by atoms with Gasteiger partial charge in [-0.15, -0.1) is 0 Å². The van der Waals surface area contributed by atoms with Crippen LogP contribution in [-0.2, 0) is 6.18 Å². The van der Waals surface area contributed by atoms with Crippen LogP contribution in [0, 0.1) is 0 Å². The highest BCUT2D eigenvalue weighted by Gasteiger charge is 2.32. The maximum atomic E-state index is 12.8. The van der Waals surface area contributed by atoms with Gasteiger partial charge in [0.05, 0.1) is 23.1 Å². The number of halogens is 3. The lowest BCUT2D eigenvalue weighted by Crippen LogP contribution is -2.09. The number of imidazole rings is 1. The normalized spacial score (nSPS) is 14.2. The predicted molar refractivity (Wildman–Crippen MR) is 69.5 cm³/mol. The lowest BCUT2D eigenvalue weighted by molar-refractivity contribution is -0.137. The molecule has 2 rings (SSSR count). The summed E-state index contributed by atoms with van der Waals surface area (Å²) in [7, 11) is 0. The zero-order chi connectivity index (χ0) is 15.1. The third-order valence-electron chi connectivity index (χ3n) is 3.26. The number of alkyl halides is 3. The number of nitrogens with zero attached hydrogens (tertiary/aromatic N) is 2. The molecule has 2 aromatic rings. The zero-order valence-corrected chi connectivity index (χ0v) is 11.6. The van der Waals surface area contributed by atoms with Gasteiger partial charge in [0.1, 0.15) is 5.65 Å². The molecule has 0 amide bonds. The molecule has 0 radical (unpaired) electrons. The minimum absolute atomic E-state index is 0.0282. The molecule has 2 aromatic heterocycles. The average molecular weight is 286 g/mol. The fraction of sp³-hybridized carbons (Fsp3) is 0.500. The van der Waals surface area contributed by atoms with E-state index in [1.807, 2.05) is 13.8 Å². The molecular formula is C14H17F3N2O. The van der Waals surface area contributed by atoms with Crippen molar-refractivity contribution in [3.05, 3.63) is 35.3 Å². The summed E-state index contributed by atoms with van der Waals surface area (Å²) in [5.41, 5.74) is 0.758. The number of aliphatic hydroxyl groups excluding tert-OH is 1. The van der Waals surface area contributed by atoms with Crippen molar-refractivity contribution in [2.75, 3.05) is 0 Å². The SMILES string of the molecule is CCC(O)c1c(C(C)C)nc2ccc(C(F)(F)F)cn12. The monoisotopic (exact) mass is 286 g/mol. The van der Waals surface area contributed by atoms with E-state index in [4.69, 9.17) is 0 Å². The Labute approximate surface area is 115 Å². The second kappa shape index (κ2) is 5.09. The maximum Gasteiger partial charge on any atom is 0.417 e. The van der Waals surface area contributed by atoms with Gasteiger partial charge in [0, 0.05) is 6.20 Å². The zero-order valence-electron chi connectivity index (χ0n) is 11.6. The topological polar surface area (TPSA) is 37.5 Å². The Kier molecular flexibility index (Phi) is 3.77. The Morgan fingerprint density at radius 2 is 1.95 bits per heavy atom. The van der Waals surface area contributed by atoms with Crippen LogP contribution in [0.25, 0.3) is 5.65 Å². The Bertz CT molecular complexity index is 617. The van der Waals surface area contributed by atoms with Crippen molar-refractivity contribution in [3.8, 4) is 0 Å². The van der Waals surface area contributed by atoms with Crippen LogP contribution in [-0.4, -0.2) is 14.5 Å². The summed E-state index contributed by atoms with van der Waals surface area (Å²) < 4.78 is 39.8. The van der Waals surface area contributed by atoms with Gasteiger partial charge in [-0.2, -0.15) is 13.2 Å². The van der Waals surface area contributed by atoms with Crippen molar-refractivity contribution >= 4 is 5.65 Å². The molecule has 0 aliphatic rings. The first kappa shape index (κ1) is 14.8. The third-order valence-corrected chi connectivity index (χ3v) is 3.26. The minimum atomic E-state index is -4.41. The van der Waals surface area contributed by atoms with Gasteiger partial charge in [0.2, 0.25) is 0 Å². The van der Waals surface area contributed by atoms with E-state index in [0.29, 0.717) is 23.5 Å². The van der Waals surface area contributed by atoms with Crippen molar-refractivity contribution in [2.45, 2.75) is 45.4 Å². The summed E-state index contributed by atoms with van der Waals surface area (Å²) in [5, 5.41) is 10.1. The van der Waals surface area contributed by atoms with Crippen molar-refractivity contribution in [2.24, 2.45) is 0 Å². The molecule has 0 spiro atoms. The molecule has 0 aliphatic heterocycles. The molecule has 110 valence electrons. The van der Waals surface area contributed by atoms with Crippen LogP contribution in [0.2, 0.25) is 0 Å². The highest BCUT2D eigenvalue weighted by molar-refractivity contribution is 5.46. The van der Waals surface area contributed by atoms with E-state index in [0.717, 1.165) is 12.3 Å². The number of rotatable bonds is 3. The smallest absolute Gasteiger partial charge is 0.387 e. The lowest BCUT2D eigenvalue weighted by Gasteiger charge is -2.13. The van der Waals surface area contributed by atoms with Crippen LogP contribution in [0.5, 0.6) is 0 Å². The van der Waals surface area contributed by atoms with E-state index in [1.165, 1.54) is 10.5 Å². The molecule has 1 atom stereocenters. The van der Waals surface area contributed by atoms with E-state index in [9.17, 15) is 18.3 Å². The van der Waals surface area contributed by atoms with Crippen molar-refractivity contribution in [1.82, 2.24) is 9.38 Å². The van der Waals surface area contributed by atoms with Crippen LogP contribution in [0.3, 0.4) is 0 Å². The fourth-order valence-electron chi connectivity index (χ4n) is 2.20. The number of fused-ring (bicyclic) bond motifs is 1. The molecule has 0 saturated heterocycles. The third kappa shape index (κ3) is 2.52. The van der Waals surface area contributed by atoms with Gasteiger partial charge in [-0.05, 0) is 24.5 Å². The van der Waals surface area contributed by atoms with Gasteiger partial charge >= 0.3 is 6.18 Å². The standard InChI is InChI=1S/C14H17F3N2O/c1-4-10(20)13-12(8(2)3)18-11-6-5-9(7-19(11)13)14(15,16)17/h5-8,10,20H,4H2,1-3H3. The van der Waals surface area contributed by atoms with Gasteiger partial charge in [-0.25, -0.2) is 4.98 Å². The molecule has 20 heavy (non-hydrogen) atoms. The molecular weight excluding hydrogens is 269 g/mol. The maximum absolute atomic E-state index is 12.8. The molecule has 3 nitrogen and oxygen atoms in total. The Morgan fingerprint density at radius 3 is 2.45 bits per heavy atom. The fourth-order valence-corrected chi connectivity index (χ4v) is 2.20. The van der Waals surface area contributed by atoms with E-state index < -0.39 is 17.8 Å². The van der Waals surface area contributed by atoms with E-state index in [2.05, 4.69) is 4.98 Å². The van der Waals surface area contributed by atoms with Crippen LogP contribution in [0.1, 0.15) is 56.2 Å². The molecule has 0 aromatic carbocycles. The van der Waals surface area contributed by atoms with E-state index in [1.54, 1.807) is 6.92 Å². The molecule has 2 heterocycles. The Hall–Kier alpha value is -1.56. The van der Waals surface area contributed by atoms with Crippen molar-refractivity contribution < 1.29 is 18.3 Å². The molecule has 1 N–H and O–H groups in total. The summed E-state index contributed by atoms with van der Waals surface area (Å²) in [6.45, 7) is 5.58. The number of hydrogen-bond donors (Lipinski definition) is 1. The van der Waals surface area contributed by atoms with Gasteiger partial charge in [-0.1, -0.05) is 20.8 Å². The molecule has 0 bridgehead atoms. The van der Waals surface area contributed by atoms with Crippen molar-refractivity contribution in [3.63, 3.8) is 0 Å². The summed E-state index contributed by atoms with van der Waals surface area (Å²) in [5.74, 6) is 0.0282. The summed E-state index contributed by atoms with van der Waals surface area (Å²) in [6, 6.07) is 2.34. The summed E-state index contributed by atoms with van der Waals surface area (Å²) >= 11 is 0. The van der Waals surface area contributed by atoms with Crippen LogP contribution >= 0.6 is 0 Å². The largest absolute Gasteiger partial charge is 0.417 e. The number of hydrogen-bond acceptors (Lipinski definition) is 2. The van der Waals surface area contributed by atoms with Crippen LogP contribution < -0.4 is 0 Å². The minimum Gasteiger partial charge on any atom is -0.387 e. The van der Waals surface area contributed by atoms with Gasteiger partial charge in [0.25, 0.3) is 0 Å². The second-order valence-electron chi connectivity index (χ2n) is 5.10. The molecule has 0 aliphatic carbocycles. The highest BCUT2D eigenvalue weighted by atomic mass is 19.4. The second-order valence-corrected chi connectivity index (χ2v) is 5.10. The quantitative estimate of drug-likeness (QED) is 0.928. The molecule has 6 heteroatoms. The lowest BCUT2D eigenvalue weighted by atomic mass is 10.0. The highest BCUT2D eigenvalue weighted by Crippen LogP contribution is 2.32. The number of aliphatic hydroxyl groups is 1. The number of aromatic nitrogens is 2. The van der Waals surface area contributed by atoms with Gasteiger partial charge in [0.15, 0.2) is 0 Å².